The summed E-state index contributed by atoms with van der Waals surface area (Å²) in [6, 6.07) is 9.07. The second-order valence-electron chi connectivity index (χ2n) is 5.20. The summed E-state index contributed by atoms with van der Waals surface area (Å²) in [5.74, 6) is 1.82. The molecule has 0 aliphatic carbocycles. The zero-order valence-corrected chi connectivity index (χ0v) is 12.3. The Kier molecular flexibility index (Phi) is 3.79. The van der Waals surface area contributed by atoms with Crippen molar-refractivity contribution in [3.05, 3.63) is 47.5 Å². The molecule has 1 amide bonds. The molecule has 1 aliphatic heterocycles. The molecule has 1 aliphatic rings. The van der Waals surface area contributed by atoms with Gasteiger partial charge in [0.25, 0.3) is 5.91 Å². The van der Waals surface area contributed by atoms with Gasteiger partial charge in [0.1, 0.15) is 11.6 Å². The summed E-state index contributed by atoms with van der Waals surface area (Å²) >= 11 is 0. The molecule has 0 aromatic carbocycles. The summed E-state index contributed by atoms with van der Waals surface area (Å²) in [4.78, 5) is 20.5. The number of nitriles is 1. The van der Waals surface area contributed by atoms with Crippen LogP contribution in [0.3, 0.4) is 0 Å². The summed E-state index contributed by atoms with van der Waals surface area (Å²) in [6.07, 6.45) is 1.64. The average molecular weight is 296 g/mol. The van der Waals surface area contributed by atoms with Crippen LogP contribution in [-0.4, -0.2) is 42.0 Å². The molecular formula is C16H16N4O2. The summed E-state index contributed by atoms with van der Waals surface area (Å²) in [6.45, 7) is 4.41. The summed E-state index contributed by atoms with van der Waals surface area (Å²) in [5.41, 5.74) is 0.592. The van der Waals surface area contributed by atoms with Gasteiger partial charge in [-0.15, -0.1) is 0 Å². The molecule has 6 heteroatoms. The Balaban J connectivity index is 1.65. The number of pyridine rings is 1. The molecule has 112 valence electrons. The van der Waals surface area contributed by atoms with Gasteiger partial charge in [-0.25, -0.2) is 4.98 Å². The zero-order valence-electron chi connectivity index (χ0n) is 12.3. The first-order valence-corrected chi connectivity index (χ1v) is 7.14. The van der Waals surface area contributed by atoms with E-state index in [0.29, 0.717) is 37.5 Å². The van der Waals surface area contributed by atoms with Gasteiger partial charge in [0, 0.05) is 32.4 Å². The lowest BCUT2D eigenvalue weighted by atomic mass is 10.2. The SMILES string of the molecule is Cc1ccc(C(=O)N2CCN(c3cc(C#N)ccn3)CC2)o1. The van der Waals surface area contributed by atoms with Crippen molar-refractivity contribution < 1.29 is 9.21 Å². The fourth-order valence-corrected chi connectivity index (χ4v) is 2.50. The largest absolute Gasteiger partial charge is 0.456 e. The predicted octanol–water partition coefficient (Wildman–Crippen LogP) is 1.82. The first-order valence-electron chi connectivity index (χ1n) is 7.14. The summed E-state index contributed by atoms with van der Waals surface area (Å²) < 4.78 is 5.39. The number of amides is 1. The van der Waals surface area contributed by atoms with Crippen molar-refractivity contribution in [3.8, 4) is 6.07 Å². The maximum absolute atomic E-state index is 12.3. The van der Waals surface area contributed by atoms with E-state index in [-0.39, 0.29) is 5.91 Å². The van der Waals surface area contributed by atoms with Gasteiger partial charge in [0.2, 0.25) is 0 Å². The third-order valence-corrected chi connectivity index (χ3v) is 3.72. The second-order valence-corrected chi connectivity index (χ2v) is 5.20. The smallest absolute Gasteiger partial charge is 0.289 e. The lowest BCUT2D eigenvalue weighted by molar-refractivity contribution is 0.0713. The number of hydrogen-bond acceptors (Lipinski definition) is 5. The van der Waals surface area contributed by atoms with E-state index in [9.17, 15) is 4.79 Å². The maximum atomic E-state index is 12.3. The fourth-order valence-electron chi connectivity index (χ4n) is 2.50. The molecule has 0 atom stereocenters. The summed E-state index contributed by atoms with van der Waals surface area (Å²) in [7, 11) is 0. The number of nitrogens with zero attached hydrogens (tertiary/aromatic N) is 4. The van der Waals surface area contributed by atoms with Crippen LogP contribution >= 0.6 is 0 Å². The van der Waals surface area contributed by atoms with Gasteiger partial charge in [-0.3, -0.25) is 4.79 Å². The van der Waals surface area contributed by atoms with Gasteiger partial charge in [-0.1, -0.05) is 0 Å². The van der Waals surface area contributed by atoms with E-state index in [1.807, 2.05) is 6.92 Å². The lowest BCUT2D eigenvalue weighted by Gasteiger charge is -2.35. The molecule has 2 aromatic rings. The predicted molar refractivity (Wildman–Crippen MR) is 80.5 cm³/mol. The highest BCUT2D eigenvalue weighted by Gasteiger charge is 2.24. The van der Waals surface area contributed by atoms with Crippen LogP contribution in [-0.2, 0) is 0 Å². The van der Waals surface area contributed by atoms with Crippen molar-refractivity contribution in [2.75, 3.05) is 31.1 Å². The van der Waals surface area contributed by atoms with Gasteiger partial charge in [-0.2, -0.15) is 5.26 Å². The second kappa shape index (κ2) is 5.90. The van der Waals surface area contributed by atoms with E-state index in [2.05, 4.69) is 16.0 Å². The molecule has 1 fully saturated rings. The molecule has 3 rings (SSSR count). The van der Waals surface area contributed by atoms with Gasteiger partial charge in [-0.05, 0) is 31.2 Å². The number of aromatic nitrogens is 1. The molecule has 0 N–H and O–H groups in total. The van der Waals surface area contributed by atoms with Crippen molar-refractivity contribution in [1.29, 1.82) is 5.26 Å². The zero-order chi connectivity index (χ0) is 15.5. The van der Waals surface area contributed by atoms with Crippen LogP contribution < -0.4 is 4.90 Å². The van der Waals surface area contributed by atoms with Crippen LogP contribution in [0.25, 0.3) is 0 Å². The van der Waals surface area contributed by atoms with E-state index >= 15 is 0 Å². The molecule has 0 radical (unpaired) electrons. The Morgan fingerprint density at radius 3 is 2.68 bits per heavy atom. The summed E-state index contributed by atoms with van der Waals surface area (Å²) in [5, 5.41) is 8.94. The van der Waals surface area contributed by atoms with Crippen LogP contribution in [0.4, 0.5) is 5.82 Å². The van der Waals surface area contributed by atoms with E-state index in [1.165, 1.54) is 0 Å². The highest BCUT2D eigenvalue weighted by molar-refractivity contribution is 5.91. The normalized spacial score (nSPS) is 14.7. The minimum absolute atomic E-state index is 0.0773. The number of hydrogen-bond donors (Lipinski definition) is 0. The topological polar surface area (TPSA) is 73.4 Å². The average Bonchev–Trinajstić information content (AvgIpc) is 3.01. The van der Waals surface area contributed by atoms with Crippen molar-refractivity contribution in [2.24, 2.45) is 0 Å². The van der Waals surface area contributed by atoms with Gasteiger partial charge < -0.3 is 14.2 Å². The van der Waals surface area contributed by atoms with Crippen LogP contribution in [0.1, 0.15) is 21.9 Å². The molecule has 0 unspecified atom stereocenters. The van der Waals surface area contributed by atoms with Crippen LogP contribution in [0.5, 0.6) is 0 Å². The minimum atomic E-state index is -0.0773. The molecule has 2 aromatic heterocycles. The van der Waals surface area contributed by atoms with E-state index in [1.54, 1.807) is 35.4 Å². The molecule has 0 bridgehead atoms. The highest BCUT2D eigenvalue weighted by atomic mass is 16.3. The molecule has 22 heavy (non-hydrogen) atoms. The number of carbonyl (C=O) groups excluding carboxylic acids is 1. The van der Waals surface area contributed by atoms with Gasteiger partial charge in [0.15, 0.2) is 5.76 Å². The Hall–Kier alpha value is -2.81. The Bertz CT molecular complexity index is 724. The number of aryl methyl sites for hydroxylation is 1. The first kappa shape index (κ1) is 14.1. The first-order chi connectivity index (χ1) is 10.7. The molecule has 0 saturated carbocycles. The van der Waals surface area contributed by atoms with Crippen LogP contribution in [0.2, 0.25) is 0 Å². The number of furan rings is 1. The maximum Gasteiger partial charge on any atom is 0.289 e. The molecule has 6 nitrogen and oxygen atoms in total. The number of piperazine rings is 1. The Labute approximate surface area is 128 Å². The van der Waals surface area contributed by atoms with E-state index in [0.717, 1.165) is 11.6 Å². The number of anilines is 1. The van der Waals surface area contributed by atoms with E-state index in [4.69, 9.17) is 9.68 Å². The van der Waals surface area contributed by atoms with Gasteiger partial charge in [0.05, 0.1) is 11.6 Å². The molecule has 3 heterocycles. The van der Waals surface area contributed by atoms with Crippen LogP contribution in [0, 0.1) is 18.3 Å². The monoisotopic (exact) mass is 296 g/mol. The third kappa shape index (κ3) is 2.79. The fraction of sp³-hybridized carbons (Fsp3) is 0.312. The van der Waals surface area contributed by atoms with Gasteiger partial charge >= 0.3 is 0 Å². The van der Waals surface area contributed by atoms with E-state index < -0.39 is 0 Å². The Morgan fingerprint density at radius 2 is 2.05 bits per heavy atom. The lowest BCUT2D eigenvalue weighted by Crippen LogP contribution is -2.49. The number of rotatable bonds is 2. The highest BCUT2D eigenvalue weighted by Crippen LogP contribution is 2.17. The number of carbonyl (C=O) groups is 1. The Morgan fingerprint density at radius 1 is 1.27 bits per heavy atom. The third-order valence-electron chi connectivity index (χ3n) is 3.72. The quantitative estimate of drug-likeness (QED) is 0.845. The van der Waals surface area contributed by atoms with Crippen molar-refractivity contribution >= 4 is 11.7 Å². The molecular weight excluding hydrogens is 280 g/mol. The minimum Gasteiger partial charge on any atom is -0.456 e. The molecule has 1 saturated heterocycles. The molecule has 0 spiro atoms. The van der Waals surface area contributed by atoms with Crippen molar-refractivity contribution in [2.45, 2.75) is 6.92 Å². The van der Waals surface area contributed by atoms with Crippen molar-refractivity contribution in [3.63, 3.8) is 0 Å². The van der Waals surface area contributed by atoms with Crippen LogP contribution in [0.15, 0.2) is 34.9 Å². The standard InChI is InChI=1S/C16H16N4O2/c1-12-2-3-14(22-12)16(21)20-8-6-19(7-9-20)15-10-13(11-17)4-5-18-15/h2-5,10H,6-9H2,1H3. The van der Waals surface area contributed by atoms with Crippen molar-refractivity contribution in [1.82, 2.24) is 9.88 Å².